The first-order valence-electron chi connectivity index (χ1n) is 14.5. The molecule has 2 amide bonds. The van der Waals surface area contributed by atoms with Crippen molar-refractivity contribution >= 4 is 35.0 Å². The second-order valence-electron chi connectivity index (χ2n) is 11.9. The van der Waals surface area contributed by atoms with Crippen LogP contribution < -0.4 is 25.2 Å². The molecule has 2 aromatic rings. The number of methoxy groups -OCH3 is 1. The number of anilines is 4. The van der Waals surface area contributed by atoms with E-state index in [2.05, 4.69) is 31.5 Å². The number of amides is 2. The molecule has 1 saturated carbocycles. The summed E-state index contributed by atoms with van der Waals surface area (Å²) >= 11 is 0. The first-order chi connectivity index (χ1) is 19.7. The van der Waals surface area contributed by atoms with E-state index in [4.69, 9.17) is 15.0 Å². The van der Waals surface area contributed by atoms with Crippen LogP contribution in [0.4, 0.5) is 23.1 Å². The molecular formula is C30H40N8O3. The molecule has 2 aliphatic heterocycles. The average Bonchev–Trinajstić information content (AvgIpc) is 3.49. The van der Waals surface area contributed by atoms with E-state index in [-0.39, 0.29) is 17.9 Å². The van der Waals surface area contributed by atoms with E-state index in [1.165, 1.54) is 12.8 Å². The van der Waals surface area contributed by atoms with Gasteiger partial charge < -0.3 is 25.2 Å². The lowest BCUT2D eigenvalue weighted by Crippen LogP contribution is -2.45. The molecule has 0 unspecified atom stereocenters. The lowest BCUT2D eigenvalue weighted by atomic mass is 9.91. The summed E-state index contributed by atoms with van der Waals surface area (Å²) in [5, 5.41) is 15.3. The summed E-state index contributed by atoms with van der Waals surface area (Å²) in [6.07, 6.45) is 7.85. The van der Waals surface area contributed by atoms with Gasteiger partial charge >= 0.3 is 0 Å². The van der Waals surface area contributed by atoms with Gasteiger partial charge in [0.2, 0.25) is 11.9 Å². The van der Waals surface area contributed by atoms with E-state index in [9.17, 15) is 9.59 Å². The normalized spacial score (nSPS) is 19.8. The Balaban J connectivity index is 1.35. The van der Waals surface area contributed by atoms with E-state index in [0.29, 0.717) is 47.8 Å². The zero-order valence-corrected chi connectivity index (χ0v) is 24.4. The Hall–Kier alpha value is -3.91. The number of ether oxygens (including phenoxy) is 1. The molecule has 11 nitrogen and oxygen atoms in total. The number of nitrogens with zero attached hydrogens (tertiary/aromatic N) is 6. The molecular weight excluding hydrogens is 520 g/mol. The summed E-state index contributed by atoms with van der Waals surface area (Å²) < 4.78 is 5.63. The van der Waals surface area contributed by atoms with Crippen molar-refractivity contribution in [2.45, 2.75) is 64.5 Å². The Bertz CT molecular complexity index is 1330. The van der Waals surface area contributed by atoms with Crippen LogP contribution in [0.5, 0.6) is 5.75 Å². The minimum atomic E-state index is -0.557. The summed E-state index contributed by atoms with van der Waals surface area (Å²) in [4.78, 5) is 41.8. The molecule has 41 heavy (non-hydrogen) atoms. The maximum Gasteiger partial charge on any atom is 0.251 e. The smallest absolute Gasteiger partial charge is 0.251 e. The molecule has 0 radical (unpaired) electrons. The highest BCUT2D eigenvalue weighted by Crippen LogP contribution is 2.40. The van der Waals surface area contributed by atoms with E-state index >= 15 is 0 Å². The van der Waals surface area contributed by atoms with Gasteiger partial charge in [0.1, 0.15) is 11.4 Å². The SMILES string of the molecule is COc1cc(C(=O)NC2CCN(CC#N)CC2)ccc1Nc1ncc2c(n1)N(C1CCCC1)CC(C)(C)C(=O)N2C. The molecule has 0 bridgehead atoms. The van der Waals surface area contributed by atoms with Gasteiger partial charge in [0.25, 0.3) is 5.91 Å². The molecule has 1 aliphatic carbocycles. The molecule has 1 saturated heterocycles. The van der Waals surface area contributed by atoms with Gasteiger partial charge in [-0.3, -0.25) is 14.5 Å². The monoisotopic (exact) mass is 560 g/mol. The molecule has 11 heteroatoms. The Morgan fingerprint density at radius 2 is 1.93 bits per heavy atom. The van der Waals surface area contributed by atoms with Gasteiger partial charge in [0.05, 0.1) is 37.0 Å². The number of hydrogen-bond acceptors (Lipinski definition) is 9. The third kappa shape index (κ3) is 6.07. The van der Waals surface area contributed by atoms with Crippen LogP contribution in [0.3, 0.4) is 0 Å². The minimum Gasteiger partial charge on any atom is -0.495 e. The summed E-state index contributed by atoms with van der Waals surface area (Å²) in [6.45, 7) is 6.59. The van der Waals surface area contributed by atoms with E-state index < -0.39 is 5.41 Å². The van der Waals surface area contributed by atoms with Crippen molar-refractivity contribution in [2.75, 3.05) is 55.5 Å². The molecule has 2 fully saturated rings. The number of rotatable bonds is 7. The van der Waals surface area contributed by atoms with Gasteiger partial charge in [0.15, 0.2) is 5.82 Å². The Kier molecular flexibility index (Phi) is 8.31. The number of nitrogens with one attached hydrogen (secondary N) is 2. The predicted molar refractivity (Wildman–Crippen MR) is 158 cm³/mol. The first kappa shape index (κ1) is 28.6. The maximum absolute atomic E-state index is 13.3. The van der Waals surface area contributed by atoms with Gasteiger partial charge in [-0.05, 0) is 57.7 Å². The number of carbonyl (C=O) groups is 2. The lowest BCUT2D eigenvalue weighted by Gasteiger charge is -2.34. The molecule has 0 atom stereocenters. The summed E-state index contributed by atoms with van der Waals surface area (Å²) in [5.74, 6) is 1.55. The van der Waals surface area contributed by atoms with Gasteiger partial charge in [-0.1, -0.05) is 12.8 Å². The van der Waals surface area contributed by atoms with Crippen LogP contribution in [-0.4, -0.2) is 79.1 Å². The minimum absolute atomic E-state index is 0.0480. The van der Waals surface area contributed by atoms with Crippen LogP contribution in [-0.2, 0) is 4.79 Å². The molecule has 3 heterocycles. The third-order valence-corrected chi connectivity index (χ3v) is 8.53. The van der Waals surface area contributed by atoms with Crippen LogP contribution in [0.1, 0.15) is 62.7 Å². The molecule has 2 N–H and O–H groups in total. The van der Waals surface area contributed by atoms with Crippen LogP contribution in [0.2, 0.25) is 0 Å². The third-order valence-electron chi connectivity index (χ3n) is 8.53. The fourth-order valence-electron chi connectivity index (χ4n) is 6.18. The number of nitriles is 1. The summed E-state index contributed by atoms with van der Waals surface area (Å²) in [6, 6.07) is 7.87. The number of carbonyl (C=O) groups excluding carboxylic acids is 2. The van der Waals surface area contributed by atoms with E-state index in [1.807, 2.05) is 13.8 Å². The second kappa shape index (κ2) is 11.9. The van der Waals surface area contributed by atoms with Crippen molar-refractivity contribution in [2.24, 2.45) is 5.41 Å². The van der Waals surface area contributed by atoms with Crippen LogP contribution in [0.25, 0.3) is 0 Å². The number of benzene rings is 1. The Labute approximate surface area is 241 Å². The molecule has 5 rings (SSSR count). The van der Waals surface area contributed by atoms with Crippen LogP contribution in [0.15, 0.2) is 24.4 Å². The standard InChI is InChI=1S/C30H40N8O3/c1-30(2)19-38(22-7-5-6-8-22)26-24(36(3)28(30)40)18-32-29(35-26)34-23-10-9-20(17-25(23)41-4)27(39)33-21-11-14-37(15-12-21)16-13-31/h9-10,17-18,21-22H,5-8,11-12,14-16,19H2,1-4H3,(H,33,39)(H,32,34,35). The molecule has 1 aromatic carbocycles. The van der Waals surface area contributed by atoms with Crippen molar-refractivity contribution in [3.8, 4) is 11.8 Å². The number of aromatic nitrogens is 2. The fourth-order valence-corrected chi connectivity index (χ4v) is 6.18. The van der Waals surface area contributed by atoms with Crippen molar-refractivity contribution in [1.82, 2.24) is 20.2 Å². The highest BCUT2D eigenvalue weighted by Gasteiger charge is 2.41. The predicted octanol–water partition coefficient (Wildman–Crippen LogP) is 3.70. The van der Waals surface area contributed by atoms with Crippen LogP contribution >= 0.6 is 0 Å². The molecule has 218 valence electrons. The summed E-state index contributed by atoms with van der Waals surface area (Å²) in [5.41, 5.74) is 1.29. The highest BCUT2D eigenvalue weighted by molar-refractivity contribution is 6.01. The van der Waals surface area contributed by atoms with Gasteiger partial charge in [-0.25, -0.2) is 4.98 Å². The molecule has 3 aliphatic rings. The van der Waals surface area contributed by atoms with Crippen LogP contribution in [0, 0.1) is 16.7 Å². The largest absolute Gasteiger partial charge is 0.495 e. The van der Waals surface area contributed by atoms with E-state index in [0.717, 1.165) is 44.6 Å². The van der Waals surface area contributed by atoms with E-state index in [1.54, 1.807) is 43.5 Å². The quantitative estimate of drug-likeness (QED) is 0.488. The highest BCUT2D eigenvalue weighted by atomic mass is 16.5. The number of fused-ring (bicyclic) bond motifs is 1. The Morgan fingerprint density at radius 3 is 2.61 bits per heavy atom. The van der Waals surface area contributed by atoms with Crippen molar-refractivity contribution in [3.63, 3.8) is 0 Å². The topological polar surface area (TPSA) is 127 Å². The van der Waals surface area contributed by atoms with Gasteiger partial charge in [0, 0.05) is 44.3 Å². The maximum atomic E-state index is 13.3. The molecule has 1 aromatic heterocycles. The summed E-state index contributed by atoms with van der Waals surface area (Å²) in [7, 11) is 3.36. The zero-order chi connectivity index (χ0) is 29.1. The fraction of sp³-hybridized carbons (Fsp3) is 0.567. The molecule has 0 spiro atoms. The number of piperidine rings is 1. The second-order valence-corrected chi connectivity index (χ2v) is 11.9. The number of likely N-dealkylation sites (tertiary alicyclic amines) is 1. The Morgan fingerprint density at radius 1 is 1.20 bits per heavy atom. The zero-order valence-electron chi connectivity index (χ0n) is 24.4. The van der Waals surface area contributed by atoms with Crippen molar-refractivity contribution < 1.29 is 14.3 Å². The lowest BCUT2D eigenvalue weighted by molar-refractivity contribution is -0.125. The first-order valence-corrected chi connectivity index (χ1v) is 14.5. The average molecular weight is 561 g/mol. The number of hydrogen-bond donors (Lipinski definition) is 2. The van der Waals surface area contributed by atoms with Crippen molar-refractivity contribution in [3.05, 3.63) is 30.0 Å². The van der Waals surface area contributed by atoms with Crippen molar-refractivity contribution in [1.29, 1.82) is 5.26 Å². The van der Waals surface area contributed by atoms with Gasteiger partial charge in [-0.2, -0.15) is 10.2 Å². The van der Waals surface area contributed by atoms with Gasteiger partial charge in [-0.15, -0.1) is 0 Å².